The molecule has 6 nitrogen and oxygen atoms in total. The first-order chi connectivity index (χ1) is 6.20. The SMILES string of the molecule is B[C@@H]1O[C@H](CO)[C@@H](CN=[N+]=[N-])[C@H]1O. The second-order valence-electron chi connectivity index (χ2n) is 3.13. The highest BCUT2D eigenvalue weighted by Crippen LogP contribution is 2.25. The van der Waals surface area contributed by atoms with Crippen LogP contribution in [0.25, 0.3) is 10.4 Å². The van der Waals surface area contributed by atoms with Crippen molar-refractivity contribution in [2.75, 3.05) is 13.2 Å². The zero-order valence-corrected chi connectivity index (χ0v) is 7.37. The van der Waals surface area contributed by atoms with Crippen molar-refractivity contribution in [1.29, 1.82) is 0 Å². The van der Waals surface area contributed by atoms with Crippen LogP contribution in [0.15, 0.2) is 5.11 Å². The highest BCUT2D eigenvalue weighted by molar-refractivity contribution is 6.11. The van der Waals surface area contributed by atoms with E-state index in [2.05, 4.69) is 10.0 Å². The molecule has 0 saturated carbocycles. The predicted molar refractivity (Wildman–Crippen MR) is 47.8 cm³/mol. The highest BCUT2D eigenvalue weighted by Gasteiger charge is 2.39. The van der Waals surface area contributed by atoms with E-state index in [0.717, 1.165) is 0 Å². The summed E-state index contributed by atoms with van der Waals surface area (Å²) in [6, 6.07) is -0.309. The molecule has 0 unspecified atom stereocenters. The summed E-state index contributed by atoms with van der Waals surface area (Å²) < 4.78 is 5.25. The minimum Gasteiger partial charge on any atom is -0.394 e. The summed E-state index contributed by atoms with van der Waals surface area (Å²) in [4.78, 5) is 2.60. The Bertz CT molecular complexity index is 221. The Balaban J connectivity index is 2.61. The Labute approximate surface area is 76.5 Å². The van der Waals surface area contributed by atoms with E-state index in [0.29, 0.717) is 0 Å². The van der Waals surface area contributed by atoms with Crippen molar-refractivity contribution in [3.05, 3.63) is 10.4 Å². The number of aliphatic hydroxyl groups is 2. The number of hydrogen-bond acceptors (Lipinski definition) is 4. The average Bonchev–Trinajstić information content (AvgIpc) is 2.40. The van der Waals surface area contributed by atoms with E-state index in [-0.39, 0.29) is 25.1 Å². The number of rotatable bonds is 3. The molecule has 1 rings (SSSR count). The minimum atomic E-state index is -0.664. The summed E-state index contributed by atoms with van der Waals surface area (Å²) in [5.74, 6) is -0.295. The van der Waals surface area contributed by atoms with Gasteiger partial charge in [-0.25, -0.2) is 0 Å². The van der Waals surface area contributed by atoms with Crippen LogP contribution in [-0.2, 0) is 4.74 Å². The van der Waals surface area contributed by atoms with Crippen LogP contribution in [0.4, 0.5) is 0 Å². The van der Waals surface area contributed by atoms with Crippen LogP contribution >= 0.6 is 0 Å². The van der Waals surface area contributed by atoms with Crippen LogP contribution in [0.1, 0.15) is 0 Å². The van der Waals surface area contributed by atoms with Crippen LogP contribution in [0.3, 0.4) is 0 Å². The molecule has 4 atom stereocenters. The molecule has 7 heteroatoms. The summed E-state index contributed by atoms with van der Waals surface area (Å²) in [5.41, 5.74) is 8.11. The molecule has 72 valence electrons. The van der Waals surface area contributed by atoms with Crippen LogP contribution < -0.4 is 0 Å². The summed E-state index contributed by atoms with van der Waals surface area (Å²) in [6.07, 6.45) is -1.09. The summed E-state index contributed by atoms with van der Waals surface area (Å²) in [6.45, 7) is 0.000247. The first kappa shape index (κ1) is 10.3. The molecule has 0 aliphatic carbocycles. The summed E-state index contributed by atoms with van der Waals surface area (Å²) in [5, 5.41) is 21.8. The van der Waals surface area contributed by atoms with Crippen LogP contribution in [0, 0.1) is 5.92 Å². The number of azide groups is 1. The fourth-order valence-corrected chi connectivity index (χ4v) is 1.56. The van der Waals surface area contributed by atoms with Gasteiger partial charge < -0.3 is 14.9 Å². The molecule has 2 N–H and O–H groups in total. The fraction of sp³-hybridized carbons (Fsp3) is 1.00. The van der Waals surface area contributed by atoms with Crippen molar-refractivity contribution in [3.63, 3.8) is 0 Å². The van der Waals surface area contributed by atoms with Gasteiger partial charge in [0.15, 0.2) is 0 Å². The quantitative estimate of drug-likeness (QED) is 0.245. The van der Waals surface area contributed by atoms with Gasteiger partial charge in [0.05, 0.1) is 24.8 Å². The molecule has 1 aliphatic heterocycles. The molecule has 0 aromatic rings. The fourth-order valence-electron chi connectivity index (χ4n) is 1.56. The van der Waals surface area contributed by atoms with Gasteiger partial charge in [0.1, 0.15) is 7.85 Å². The molecule has 1 saturated heterocycles. The predicted octanol–water partition coefficient (Wildman–Crippen LogP) is -1.38. The van der Waals surface area contributed by atoms with Gasteiger partial charge in [-0.05, 0) is 5.53 Å². The second-order valence-corrected chi connectivity index (χ2v) is 3.13. The lowest BCUT2D eigenvalue weighted by atomic mass is 9.88. The molecule has 0 amide bonds. The lowest BCUT2D eigenvalue weighted by Gasteiger charge is -2.15. The van der Waals surface area contributed by atoms with E-state index in [4.69, 9.17) is 15.4 Å². The van der Waals surface area contributed by atoms with Gasteiger partial charge in [-0.15, -0.1) is 0 Å². The van der Waals surface area contributed by atoms with Gasteiger partial charge in [0, 0.05) is 17.4 Å². The Hall–Kier alpha value is -0.745. The van der Waals surface area contributed by atoms with Gasteiger partial charge in [0.2, 0.25) is 0 Å². The maximum Gasteiger partial charge on any atom is 0.142 e. The maximum absolute atomic E-state index is 9.57. The van der Waals surface area contributed by atoms with Crippen molar-refractivity contribution in [3.8, 4) is 0 Å². The van der Waals surface area contributed by atoms with E-state index in [9.17, 15) is 5.11 Å². The van der Waals surface area contributed by atoms with Gasteiger partial charge in [-0.1, -0.05) is 5.11 Å². The Morgan fingerprint density at radius 2 is 2.31 bits per heavy atom. The van der Waals surface area contributed by atoms with E-state index in [1.54, 1.807) is 7.85 Å². The zero-order chi connectivity index (χ0) is 9.84. The van der Waals surface area contributed by atoms with Crippen LogP contribution in [0.2, 0.25) is 0 Å². The zero-order valence-electron chi connectivity index (χ0n) is 7.37. The number of nitrogens with zero attached hydrogens (tertiary/aromatic N) is 3. The van der Waals surface area contributed by atoms with Crippen molar-refractivity contribution in [2.45, 2.75) is 18.2 Å². The van der Waals surface area contributed by atoms with Crippen LogP contribution in [0.5, 0.6) is 0 Å². The molecule has 1 aliphatic rings. The molecule has 0 aromatic carbocycles. The van der Waals surface area contributed by atoms with Gasteiger partial charge in [-0.2, -0.15) is 0 Å². The third-order valence-electron chi connectivity index (χ3n) is 2.32. The Morgan fingerprint density at radius 3 is 2.85 bits per heavy atom. The third-order valence-corrected chi connectivity index (χ3v) is 2.32. The lowest BCUT2D eigenvalue weighted by molar-refractivity contribution is 0.0246. The lowest BCUT2D eigenvalue weighted by Crippen LogP contribution is -2.31. The van der Waals surface area contributed by atoms with E-state index < -0.39 is 12.2 Å². The molecule has 0 aromatic heterocycles. The Kier molecular flexibility index (Phi) is 3.56. The van der Waals surface area contributed by atoms with E-state index >= 15 is 0 Å². The van der Waals surface area contributed by atoms with Gasteiger partial charge in [-0.3, -0.25) is 0 Å². The van der Waals surface area contributed by atoms with Crippen LogP contribution in [-0.4, -0.2) is 49.4 Å². The molecular weight excluding hydrogens is 173 g/mol. The number of aliphatic hydroxyl groups excluding tert-OH is 2. The molecule has 0 spiro atoms. The van der Waals surface area contributed by atoms with Crippen molar-refractivity contribution < 1.29 is 14.9 Å². The smallest absolute Gasteiger partial charge is 0.142 e. The van der Waals surface area contributed by atoms with Gasteiger partial charge in [0.25, 0.3) is 0 Å². The number of hydrogen-bond donors (Lipinski definition) is 2. The van der Waals surface area contributed by atoms with Crippen molar-refractivity contribution >= 4 is 7.85 Å². The largest absolute Gasteiger partial charge is 0.394 e. The molecule has 13 heavy (non-hydrogen) atoms. The molecule has 1 fully saturated rings. The van der Waals surface area contributed by atoms with E-state index in [1.165, 1.54) is 0 Å². The normalized spacial score (nSPS) is 38.6. The third kappa shape index (κ3) is 2.13. The summed E-state index contributed by atoms with van der Waals surface area (Å²) in [7, 11) is 1.73. The molecular formula is C6H12BN3O3. The molecule has 1 heterocycles. The Morgan fingerprint density at radius 1 is 1.62 bits per heavy atom. The average molecular weight is 185 g/mol. The first-order valence-electron chi connectivity index (χ1n) is 4.16. The first-order valence-corrected chi connectivity index (χ1v) is 4.16. The standard InChI is InChI=1S/C6H12BN3O3/c7-6-5(12)3(1-9-10-8)4(2-11)13-6/h3-6,11-12H,1-2,7H2/t3-,4-,5-,6-/m1/s1. The maximum atomic E-state index is 9.57. The summed E-state index contributed by atoms with van der Waals surface area (Å²) >= 11 is 0. The second kappa shape index (κ2) is 4.48. The van der Waals surface area contributed by atoms with E-state index in [1.807, 2.05) is 0 Å². The topological polar surface area (TPSA) is 98.5 Å². The monoisotopic (exact) mass is 185 g/mol. The van der Waals surface area contributed by atoms with Gasteiger partial charge >= 0.3 is 0 Å². The van der Waals surface area contributed by atoms with Crippen molar-refractivity contribution in [2.24, 2.45) is 11.0 Å². The minimum absolute atomic E-state index is 0.160. The highest BCUT2D eigenvalue weighted by atomic mass is 16.5. The number of ether oxygens (including phenoxy) is 1. The molecule has 0 radical (unpaired) electrons. The molecule has 0 bridgehead atoms. The van der Waals surface area contributed by atoms with Crippen molar-refractivity contribution in [1.82, 2.24) is 0 Å².